The second-order valence-electron chi connectivity index (χ2n) is 8.29. The van der Waals surface area contributed by atoms with Gasteiger partial charge in [0, 0.05) is 11.3 Å². The number of carbonyl (C=O) groups excluding carboxylic acids is 2. The highest BCUT2D eigenvalue weighted by atomic mass is 19.1. The van der Waals surface area contributed by atoms with Crippen LogP contribution in [0.5, 0.6) is 0 Å². The first kappa shape index (κ1) is 21.5. The summed E-state index contributed by atoms with van der Waals surface area (Å²) in [6.07, 6.45) is 0. The fraction of sp³-hybridized carbons (Fsp3) is 0.185. The van der Waals surface area contributed by atoms with Crippen molar-refractivity contribution in [3.8, 4) is 0 Å². The molecule has 0 radical (unpaired) electrons. The van der Waals surface area contributed by atoms with E-state index in [1.807, 2.05) is 45.9 Å². The predicted octanol–water partition coefficient (Wildman–Crippen LogP) is 5.69. The highest BCUT2D eigenvalue weighted by Crippen LogP contribution is 2.42. The Labute approximate surface area is 186 Å². The number of benzene rings is 3. The summed E-state index contributed by atoms with van der Waals surface area (Å²) in [4.78, 5) is 27.7. The number of rotatable bonds is 3. The Morgan fingerprint density at radius 2 is 1.41 bits per heavy atom. The van der Waals surface area contributed by atoms with Crippen LogP contribution in [0.2, 0.25) is 0 Å². The number of nitrogens with zero attached hydrogens (tertiary/aromatic N) is 1. The molecule has 1 atom stereocenters. The number of Topliss-reactive ketones (excluding diaryl/α,β-unsaturated/α-hetero) is 1. The van der Waals surface area contributed by atoms with Gasteiger partial charge in [0.2, 0.25) is 0 Å². The van der Waals surface area contributed by atoms with Gasteiger partial charge in [-0.25, -0.2) is 4.39 Å². The van der Waals surface area contributed by atoms with Crippen molar-refractivity contribution in [3.63, 3.8) is 0 Å². The van der Waals surface area contributed by atoms with Crippen LogP contribution < -0.4 is 4.90 Å². The van der Waals surface area contributed by atoms with Crippen LogP contribution in [0.25, 0.3) is 5.76 Å². The number of amides is 1. The molecule has 5 heteroatoms. The third-order valence-electron chi connectivity index (χ3n) is 6.18. The van der Waals surface area contributed by atoms with Crippen molar-refractivity contribution < 1.29 is 19.1 Å². The van der Waals surface area contributed by atoms with Crippen molar-refractivity contribution in [2.75, 3.05) is 4.90 Å². The number of carbonyl (C=O) groups is 2. The fourth-order valence-electron chi connectivity index (χ4n) is 3.98. The number of hydrogen-bond donors (Lipinski definition) is 1. The normalized spacial score (nSPS) is 17.8. The van der Waals surface area contributed by atoms with E-state index in [4.69, 9.17) is 0 Å². The zero-order chi connectivity index (χ0) is 23.2. The van der Waals surface area contributed by atoms with E-state index < -0.39 is 23.5 Å². The van der Waals surface area contributed by atoms with Crippen LogP contribution in [-0.4, -0.2) is 16.8 Å². The summed E-state index contributed by atoms with van der Waals surface area (Å²) in [6, 6.07) is 15.6. The highest BCUT2D eigenvalue weighted by Gasteiger charge is 2.47. The molecule has 1 N–H and O–H groups in total. The van der Waals surface area contributed by atoms with Crippen molar-refractivity contribution >= 4 is 23.1 Å². The van der Waals surface area contributed by atoms with Crippen molar-refractivity contribution in [1.82, 2.24) is 0 Å². The van der Waals surface area contributed by atoms with Crippen LogP contribution >= 0.6 is 0 Å². The number of aliphatic hydroxyl groups excluding tert-OH is 1. The Kier molecular flexibility index (Phi) is 5.43. The molecular weight excluding hydrogens is 405 g/mol. The minimum absolute atomic E-state index is 0.0110. The molecule has 0 spiro atoms. The van der Waals surface area contributed by atoms with E-state index in [1.54, 1.807) is 18.2 Å². The summed E-state index contributed by atoms with van der Waals surface area (Å²) < 4.78 is 13.6. The number of anilines is 1. The fourth-order valence-corrected chi connectivity index (χ4v) is 3.98. The van der Waals surface area contributed by atoms with Crippen molar-refractivity contribution in [1.29, 1.82) is 0 Å². The minimum Gasteiger partial charge on any atom is -0.507 e. The minimum atomic E-state index is -0.876. The van der Waals surface area contributed by atoms with Crippen LogP contribution in [0.15, 0.2) is 66.2 Å². The Morgan fingerprint density at radius 1 is 0.812 bits per heavy atom. The van der Waals surface area contributed by atoms with Gasteiger partial charge in [-0.05, 0) is 85.8 Å². The zero-order valence-electron chi connectivity index (χ0n) is 18.4. The van der Waals surface area contributed by atoms with Gasteiger partial charge in [-0.3, -0.25) is 14.5 Å². The molecule has 1 aliphatic heterocycles. The molecule has 32 heavy (non-hydrogen) atoms. The van der Waals surface area contributed by atoms with E-state index in [1.165, 1.54) is 29.2 Å². The van der Waals surface area contributed by atoms with E-state index in [2.05, 4.69) is 0 Å². The smallest absolute Gasteiger partial charge is 0.300 e. The van der Waals surface area contributed by atoms with Crippen molar-refractivity contribution in [3.05, 3.63) is 105 Å². The number of aliphatic hydroxyl groups is 1. The van der Waals surface area contributed by atoms with Gasteiger partial charge in [0.15, 0.2) is 0 Å². The zero-order valence-corrected chi connectivity index (χ0v) is 18.4. The lowest BCUT2D eigenvalue weighted by atomic mass is 9.94. The first-order valence-electron chi connectivity index (χ1n) is 10.4. The first-order chi connectivity index (χ1) is 15.2. The lowest BCUT2D eigenvalue weighted by Crippen LogP contribution is -2.29. The molecule has 3 aromatic carbocycles. The van der Waals surface area contributed by atoms with Crippen LogP contribution in [0.3, 0.4) is 0 Å². The predicted molar refractivity (Wildman–Crippen MR) is 123 cm³/mol. The monoisotopic (exact) mass is 429 g/mol. The van der Waals surface area contributed by atoms with Crippen molar-refractivity contribution in [2.45, 2.75) is 33.7 Å². The number of aryl methyl sites for hydroxylation is 4. The van der Waals surface area contributed by atoms with Crippen LogP contribution in [0.4, 0.5) is 10.1 Å². The van der Waals surface area contributed by atoms with Crippen LogP contribution in [0, 0.1) is 33.5 Å². The topological polar surface area (TPSA) is 57.6 Å². The summed E-state index contributed by atoms with van der Waals surface area (Å²) in [6.45, 7) is 7.76. The summed E-state index contributed by atoms with van der Waals surface area (Å²) in [5.41, 5.74) is 5.55. The average molecular weight is 429 g/mol. The summed E-state index contributed by atoms with van der Waals surface area (Å²) in [7, 11) is 0. The van der Waals surface area contributed by atoms with Gasteiger partial charge in [0.05, 0.1) is 11.6 Å². The van der Waals surface area contributed by atoms with Crippen molar-refractivity contribution in [2.24, 2.45) is 0 Å². The largest absolute Gasteiger partial charge is 0.507 e. The number of hydrogen-bond acceptors (Lipinski definition) is 3. The maximum atomic E-state index is 13.6. The van der Waals surface area contributed by atoms with Gasteiger partial charge < -0.3 is 5.11 Å². The number of halogens is 1. The molecule has 0 bridgehead atoms. The Morgan fingerprint density at radius 3 is 2.00 bits per heavy atom. The van der Waals surface area contributed by atoms with Gasteiger partial charge in [0.25, 0.3) is 11.7 Å². The Balaban J connectivity index is 1.96. The molecule has 1 heterocycles. The van der Waals surface area contributed by atoms with Gasteiger partial charge in [-0.2, -0.15) is 0 Å². The molecule has 1 saturated heterocycles. The molecule has 3 aromatic rings. The average Bonchev–Trinajstić information content (AvgIpc) is 3.03. The van der Waals surface area contributed by atoms with E-state index in [0.717, 1.165) is 22.3 Å². The van der Waals surface area contributed by atoms with E-state index in [0.29, 0.717) is 16.8 Å². The SMILES string of the molecule is Cc1ccc(/C(O)=C2\C(=O)C(=O)N(c3ccc(C)c(C)c3)C2c2ccc(F)cc2)cc1C. The van der Waals surface area contributed by atoms with Gasteiger partial charge in [-0.15, -0.1) is 0 Å². The highest BCUT2D eigenvalue weighted by molar-refractivity contribution is 6.51. The van der Waals surface area contributed by atoms with Crippen LogP contribution in [0.1, 0.15) is 39.4 Å². The molecule has 4 rings (SSSR count). The van der Waals surface area contributed by atoms with Gasteiger partial charge in [0.1, 0.15) is 11.6 Å². The molecule has 1 amide bonds. The lowest BCUT2D eigenvalue weighted by Gasteiger charge is -2.26. The van der Waals surface area contributed by atoms with E-state index >= 15 is 0 Å². The Hall–Kier alpha value is -3.73. The Bertz CT molecular complexity index is 1270. The quantitative estimate of drug-likeness (QED) is 0.331. The first-order valence-corrected chi connectivity index (χ1v) is 10.4. The third-order valence-corrected chi connectivity index (χ3v) is 6.18. The van der Waals surface area contributed by atoms with E-state index in [-0.39, 0.29) is 11.3 Å². The molecule has 0 saturated carbocycles. The maximum Gasteiger partial charge on any atom is 0.300 e. The van der Waals surface area contributed by atoms with Crippen LogP contribution in [-0.2, 0) is 9.59 Å². The van der Waals surface area contributed by atoms with E-state index in [9.17, 15) is 19.1 Å². The van der Waals surface area contributed by atoms with Gasteiger partial charge >= 0.3 is 0 Å². The summed E-state index contributed by atoms with van der Waals surface area (Å²) in [5.74, 6) is -2.17. The summed E-state index contributed by atoms with van der Waals surface area (Å²) >= 11 is 0. The molecule has 1 fully saturated rings. The molecule has 1 unspecified atom stereocenters. The molecule has 0 aliphatic carbocycles. The maximum absolute atomic E-state index is 13.6. The molecule has 1 aliphatic rings. The molecule has 4 nitrogen and oxygen atoms in total. The second kappa shape index (κ2) is 8.08. The van der Waals surface area contributed by atoms with Gasteiger partial charge in [-0.1, -0.05) is 30.3 Å². The number of ketones is 1. The lowest BCUT2D eigenvalue weighted by molar-refractivity contribution is -0.132. The molecular formula is C27H24FNO3. The standard InChI is InChI=1S/C27H24FNO3/c1-15-5-7-20(13-17(15)3)25(30)23-24(19-8-10-21(28)11-9-19)29(27(32)26(23)31)22-12-6-16(2)18(4)14-22/h5-14,24,30H,1-4H3/b25-23+. The molecule has 0 aromatic heterocycles. The molecule has 162 valence electrons. The summed E-state index contributed by atoms with van der Waals surface area (Å²) in [5, 5.41) is 11.2. The third kappa shape index (κ3) is 3.60. The second-order valence-corrected chi connectivity index (χ2v) is 8.29.